The highest BCUT2D eigenvalue weighted by molar-refractivity contribution is 6.14. The molecule has 0 spiro atoms. The summed E-state index contributed by atoms with van der Waals surface area (Å²) in [6.07, 6.45) is 3.18. The van der Waals surface area contributed by atoms with E-state index >= 15 is 0 Å². The Hall–Kier alpha value is -3.52. The van der Waals surface area contributed by atoms with E-state index < -0.39 is 29.9 Å². The molecule has 0 unspecified atom stereocenters. The smallest absolute Gasteiger partial charge is 0.450 e. The highest BCUT2D eigenvalue weighted by Gasteiger charge is 2.25. The Kier molecular flexibility index (Phi) is 26.2. The van der Waals surface area contributed by atoms with Gasteiger partial charge in [-0.2, -0.15) is 0 Å². The third kappa shape index (κ3) is 24.6. The van der Waals surface area contributed by atoms with Gasteiger partial charge in [0.2, 0.25) is 11.8 Å². The van der Waals surface area contributed by atoms with Crippen molar-refractivity contribution in [1.82, 2.24) is 15.5 Å². The fourth-order valence-corrected chi connectivity index (χ4v) is 3.73. The van der Waals surface area contributed by atoms with Crippen LogP contribution in [0.3, 0.4) is 0 Å². The summed E-state index contributed by atoms with van der Waals surface area (Å²) in [4.78, 5) is 69.2. The summed E-state index contributed by atoms with van der Waals surface area (Å²) >= 11 is 0. The molecule has 0 radical (unpaired) electrons. The number of ether oxygens (including phenoxy) is 8. The van der Waals surface area contributed by atoms with Gasteiger partial charge in [-0.15, -0.1) is 0 Å². The number of hydrogen-bond acceptors (Lipinski definition) is 14. The molecular weight excluding hydrogens is 642 g/mol. The fraction of sp³-hybridized carbons (Fsp3) is 0.733. The lowest BCUT2D eigenvalue weighted by atomic mass is 10.1. The molecule has 18 nitrogen and oxygen atoms in total. The number of aldehydes is 1. The molecule has 0 aromatic rings. The molecule has 0 saturated carbocycles. The number of nitrogens with zero attached hydrogens (tertiary/aromatic N) is 1. The van der Waals surface area contributed by atoms with Crippen LogP contribution in [0.2, 0.25) is 0 Å². The Morgan fingerprint density at radius 3 is 1.54 bits per heavy atom. The van der Waals surface area contributed by atoms with Crippen molar-refractivity contribution < 1.29 is 71.8 Å². The van der Waals surface area contributed by atoms with E-state index in [1.54, 1.807) is 0 Å². The summed E-state index contributed by atoms with van der Waals surface area (Å²) in [6, 6.07) is -0.647. The van der Waals surface area contributed by atoms with Crippen molar-refractivity contribution in [2.75, 3.05) is 112 Å². The van der Waals surface area contributed by atoms with Crippen molar-refractivity contribution in [3.8, 4) is 0 Å². The summed E-state index contributed by atoms with van der Waals surface area (Å²) in [6.45, 7) is 4.95. The molecule has 18 heteroatoms. The van der Waals surface area contributed by atoms with Gasteiger partial charge in [0.05, 0.1) is 98.5 Å². The van der Waals surface area contributed by atoms with Crippen LogP contribution in [0.4, 0.5) is 4.79 Å². The van der Waals surface area contributed by atoms with E-state index in [1.165, 1.54) is 0 Å². The van der Waals surface area contributed by atoms with Gasteiger partial charge < -0.3 is 58.4 Å². The Balaban J connectivity index is 1.81. The number of hydrogen-bond donors (Lipinski definition) is 3. The fourth-order valence-electron chi connectivity index (χ4n) is 3.73. The maximum atomic E-state index is 12.1. The number of rotatable bonds is 33. The third-order valence-corrected chi connectivity index (χ3v) is 6.14. The predicted molar refractivity (Wildman–Crippen MR) is 165 cm³/mol. The summed E-state index contributed by atoms with van der Waals surface area (Å²) < 4.78 is 41.7. The standard InChI is InChI=1S/C30H49N3O15/c34-24-25(3-1-2-7-31-27(36)23-33-28(37)4-5-29(33)38)32-26(35)6-8-41-9-10-42-11-12-43-13-14-44-15-16-45-17-18-46-19-20-47-21-22-48-30(39)40/h4-5,24-25H,1-3,6-23H2,(H,31,36)(H,32,35)(H,39,40)/t25-/m0/s1. The molecule has 1 heterocycles. The summed E-state index contributed by atoms with van der Waals surface area (Å²) in [5.74, 6) is -1.81. The Bertz CT molecular complexity index is 948. The molecule has 0 aromatic carbocycles. The quantitative estimate of drug-likeness (QED) is 0.0328. The van der Waals surface area contributed by atoms with Crippen LogP contribution in [0.5, 0.6) is 0 Å². The minimum atomic E-state index is -1.33. The number of unbranched alkanes of at least 4 members (excludes halogenated alkanes) is 1. The van der Waals surface area contributed by atoms with Gasteiger partial charge in [-0.1, -0.05) is 0 Å². The summed E-state index contributed by atoms with van der Waals surface area (Å²) in [5, 5.41) is 13.6. The maximum absolute atomic E-state index is 12.1. The first-order chi connectivity index (χ1) is 23.3. The number of carboxylic acid groups (broad SMARTS) is 1. The van der Waals surface area contributed by atoms with E-state index in [2.05, 4.69) is 15.4 Å². The lowest BCUT2D eigenvalue weighted by Gasteiger charge is -2.14. The molecule has 1 atom stereocenters. The van der Waals surface area contributed by atoms with Gasteiger partial charge in [-0.3, -0.25) is 24.1 Å². The molecule has 1 rings (SSSR count). The highest BCUT2D eigenvalue weighted by Crippen LogP contribution is 2.03. The third-order valence-electron chi connectivity index (χ3n) is 6.14. The second-order valence-electron chi connectivity index (χ2n) is 9.90. The molecule has 274 valence electrons. The maximum Gasteiger partial charge on any atom is 0.505 e. The van der Waals surface area contributed by atoms with E-state index in [0.29, 0.717) is 111 Å². The van der Waals surface area contributed by atoms with Crippen LogP contribution in [0.15, 0.2) is 12.2 Å². The van der Waals surface area contributed by atoms with E-state index in [4.69, 9.17) is 38.3 Å². The number of carbonyl (C=O) groups excluding carboxylic acids is 5. The van der Waals surface area contributed by atoms with E-state index in [-0.39, 0.29) is 38.7 Å². The van der Waals surface area contributed by atoms with Gasteiger partial charge >= 0.3 is 6.16 Å². The van der Waals surface area contributed by atoms with Crippen LogP contribution in [-0.2, 0) is 61.9 Å². The largest absolute Gasteiger partial charge is 0.505 e. The van der Waals surface area contributed by atoms with Crippen LogP contribution in [0, 0.1) is 0 Å². The lowest BCUT2D eigenvalue weighted by molar-refractivity contribution is -0.141. The zero-order valence-corrected chi connectivity index (χ0v) is 27.3. The first kappa shape index (κ1) is 42.5. The van der Waals surface area contributed by atoms with Gasteiger partial charge in [0, 0.05) is 25.1 Å². The van der Waals surface area contributed by atoms with Gasteiger partial charge in [0.15, 0.2) is 0 Å². The predicted octanol–water partition coefficient (Wildman–Crippen LogP) is -0.917. The minimum absolute atomic E-state index is 0.0138. The average molecular weight is 692 g/mol. The van der Waals surface area contributed by atoms with Crippen molar-refractivity contribution in [3.05, 3.63) is 12.2 Å². The molecule has 3 N–H and O–H groups in total. The van der Waals surface area contributed by atoms with Crippen molar-refractivity contribution >= 4 is 36.1 Å². The van der Waals surface area contributed by atoms with E-state index in [0.717, 1.165) is 17.1 Å². The lowest BCUT2D eigenvalue weighted by Crippen LogP contribution is -2.40. The van der Waals surface area contributed by atoms with Crippen molar-refractivity contribution in [2.45, 2.75) is 31.7 Å². The topological polar surface area (TPSA) is 224 Å². The van der Waals surface area contributed by atoms with Crippen LogP contribution < -0.4 is 10.6 Å². The molecule has 0 saturated heterocycles. The molecule has 48 heavy (non-hydrogen) atoms. The highest BCUT2D eigenvalue weighted by atomic mass is 16.7. The molecule has 1 aliphatic rings. The van der Waals surface area contributed by atoms with Crippen LogP contribution in [-0.4, -0.2) is 164 Å². The Labute approximate surface area is 279 Å². The zero-order chi connectivity index (χ0) is 35.1. The van der Waals surface area contributed by atoms with E-state index in [9.17, 15) is 28.8 Å². The first-order valence-electron chi connectivity index (χ1n) is 15.8. The van der Waals surface area contributed by atoms with Crippen LogP contribution in [0.25, 0.3) is 0 Å². The monoisotopic (exact) mass is 691 g/mol. The molecule has 4 amide bonds. The van der Waals surface area contributed by atoms with Gasteiger partial charge in [-0.05, 0) is 19.3 Å². The van der Waals surface area contributed by atoms with Gasteiger partial charge in [0.25, 0.3) is 11.8 Å². The number of carbonyl (C=O) groups is 6. The normalized spacial score (nSPS) is 13.1. The second kappa shape index (κ2) is 29.6. The first-order valence-corrected chi connectivity index (χ1v) is 15.8. The second-order valence-corrected chi connectivity index (χ2v) is 9.90. The van der Waals surface area contributed by atoms with Crippen molar-refractivity contribution in [1.29, 1.82) is 0 Å². The Morgan fingerprint density at radius 1 is 0.667 bits per heavy atom. The molecular formula is C30H49N3O15. The molecule has 0 fully saturated rings. The molecule has 0 bridgehead atoms. The minimum Gasteiger partial charge on any atom is -0.450 e. The molecule has 1 aliphatic heterocycles. The van der Waals surface area contributed by atoms with Crippen LogP contribution in [0.1, 0.15) is 25.7 Å². The number of imide groups is 1. The zero-order valence-electron chi connectivity index (χ0n) is 27.3. The van der Waals surface area contributed by atoms with Crippen molar-refractivity contribution in [3.63, 3.8) is 0 Å². The number of nitrogens with one attached hydrogen (secondary N) is 2. The van der Waals surface area contributed by atoms with Gasteiger partial charge in [0.1, 0.15) is 19.4 Å². The molecule has 0 aromatic heterocycles. The Morgan fingerprint density at radius 2 is 1.10 bits per heavy atom. The SMILES string of the molecule is O=C[C@H](CCCCNC(=O)CN1C(=O)C=CC1=O)NC(=O)CCOCCOCCOCCOCCOCCOCCOCCOC(=O)O. The van der Waals surface area contributed by atoms with E-state index in [1.807, 2.05) is 0 Å². The van der Waals surface area contributed by atoms with Crippen LogP contribution >= 0.6 is 0 Å². The van der Waals surface area contributed by atoms with Crippen molar-refractivity contribution in [2.24, 2.45) is 0 Å². The molecule has 0 aliphatic carbocycles. The summed E-state index contributed by atoms with van der Waals surface area (Å²) in [7, 11) is 0. The summed E-state index contributed by atoms with van der Waals surface area (Å²) in [5.41, 5.74) is 0. The average Bonchev–Trinajstić information content (AvgIpc) is 3.37. The number of amides is 4. The van der Waals surface area contributed by atoms with Gasteiger partial charge in [-0.25, -0.2) is 4.79 Å².